The van der Waals surface area contributed by atoms with Crippen LogP contribution in [0.15, 0.2) is 59.5 Å². The van der Waals surface area contributed by atoms with Gasteiger partial charge in [-0.3, -0.25) is 14.6 Å². The van der Waals surface area contributed by atoms with Crippen LogP contribution in [0.25, 0.3) is 0 Å². The second-order valence-corrected chi connectivity index (χ2v) is 11.2. The number of hydrogen-bond donors (Lipinski definition) is 3. The third kappa shape index (κ3) is 9.09. The van der Waals surface area contributed by atoms with Gasteiger partial charge in [0.25, 0.3) is 0 Å². The molecule has 1 aromatic heterocycles. The molecule has 1 heterocycles. The fraction of sp³-hybridized carbons (Fsp3) is 0.111. The molecule has 1 aliphatic carbocycles. The van der Waals surface area contributed by atoms with Crippen molar-refractivity contribution in [3.05, 3.63) is 93.9 Å². The predicted octanol–water partition coefficient (Wildman–Crippen LogP) is -2.96. The molecule has 0 radical (unpaired) electrons. The van der Waals surface area contributed by atoms with E-state index in [2.05, 4.69) is 24.7 Å². The van der Waals surface area contributed by atoms with Crippen LogP contribution in [0.1, 0.15) is 31.8 Å². The number of aliphatic hydroxyl groups excluding tert-OH is 1. The summed E-state index contributed by atoms with van der Waals surface area (Å²) in [6.07, 6.45) is 0.181. The van der Waals surface area contributed by atoms with E-state index in [9.17, 15) is 36.4 Å². The van der Waals surface area contributed by atoms with Crippen molar-refractivity contribution in [3.63, 3.8) is 0 Å². The molecule has 0 saturated carbocycles. The summed E-state index contributed by atoms with van der Waals surface area (Å²) in [6.45, 7) is -0.688. The number of nitrogens with two attached hydrogens (primary N) is 1. The normalized spacial score (nSPS) is 11.6. The molecular formula is C27H20ClF2N5Na2O9S2. The molecule has 14 nitrogen and oxygen atoms in total. The Balaban J connectivity index is 0.00000107. The van der Waals surface area contributed by atoms with Crippen LogP contribution in [0.4, 0.5) is 37.3 Å². The fourth-order valence-electron chi connectivity index (χ4n) is 4.55. The van der Waals surface area contributed by atoms with Gasteiger partial charge in [-0.1, -0.05) is 41.9 Å². The van der Waals surface area contributed by atoms with Crippen molar-refractivity contribution in [1.29, 1.82) is 0 Å². The van der Waals surface area contributed by atoms with E-state index in [0.717, 1.165) is 18.1 Å². The summed E-state index contributed by atoms with van der Waals surface area (Å²) in [5.74, 6) is -3.10. The van der Waals surface area contributed by atoms with Crippen molar-refractivity contribution in [2.24, 2.45) is 0 Å². The van der Waals surface area contributed by atoms with E-state index in [1.807, 2.05) is 0 Å². The molecule has 0 spiro atoms. The van der Waals surface area contributed by atoms with E-state index in [1.54, 1.807) is 12.3 Å². The Hall–Kier alpha value is -2.27. The maximum Gasteiger partial charge on any atom is 1.00 e. The molecule has 0 bridgehead atoms. The Morgan fingerprint density at radius 1 is 1.04 bits per heavy atom. The molecule has 48 heavy (non-hydrogen) atoms. The first-order valence-corrected chi connectivity index (χ1v) is 15.5. The predicted molar refractivity (Wildman–Crippen MR) is 159 cm³/mol. The summed E-state index contributed by atoms with van der Waals surface area (Å²) in [7, 11) is -5.19. The van der Waals surface area contributed by atoms with E-state index in [1.165, 1.54) is 47.4 Å². The van der Waals surface area contributed by atoms with Crippen molar-refractivity contribution in [2.75, 3.05) is 35.4 Å². The molecule has 4 N–H and O–H groups in total. The number of carbonyl (C=O) groups is 2. The molecule has 242 valence electrons. The van der Waals surface area contributed by atoms with Crippen molar-refractivity contribution in [1.82, 2.24) is 9.97 Å². The van der Waals surface area contributed by atoms with E-state index in [4.69, 9.17) is 22.6 Å². The summed E-state index contributed by atoms with van der Waals surface area (Å²) in [6, 6.07) is 12.6. The largest absolute Gasteiger partial charge is 1.00 e. The molecule has 0 unspecified atom stereocenters. The third-order valence-corrected chi connectivity index (χ3v) is 7.74. The van der Waals surface area contributed by atoms with Gasteiger partial charge in [-0.2, -0.15) is 23.1 Å². The number of carbonyl (C=O) groups excluding carboxylic acids is 2. The van der Waals surface area contributed by atoms with Crippen molar-refractivity contribution < 1.29 is 110 Å². The molecule has 21 heteroatoms. The molecule has 1 aliphatic rings. The first-order chi connectivity index (χ1) is 21.8. The SMILES string of the molecule is CSOO[O-].Nc1c(S(=O)(=O)[O-])cc(Nc2cccc(N(CCO)c3nc(F)nc(F)c3Cl)c2)c2c1C(=O)c1ccccc1C2=O.[Na+].[Na+]. The minimum atomic E-state index is -5.19. The summed E-state index contributed by atoms with van der Waals surface area (Å²) in [4.78, 5) is 33.6. The number of fused-ring (bicyclic) bond motifs is 2. The smallest absolute Gasteiger partial charge is 0.744 e. The average molecular weight is 742 g/mol. The summed E-state index contributed by atoms with van der Waals surface area (Å²) in [5, 5.41) is 23.5. The van der Waals surface area contributed by atoms with E-state index in [0.29, 0.717) is 0 Å². The molecule has 0 amide bonds. The van der Waals surface area contributed by atoms with Crippen LogP contribution in [0.5, 0.6) is 0 Å². The monoisotopic (exact) mass is 741 g/mol. The van der Waals surface area contributed by atoms with Crippen LogP contribution in [-0.4, -0.2) is 59.0 Å². The fourth-order valence-corrected chi connectivity index (χ4v) is 5.43. The number of aromatic nitrogens is 2. The number of nitrogens with one attached hydrogen (secondary N) is 1. The summed E-state index contributed by atoms with van der Waals surface area (Å²) < 4.78 is 67.8. The maximum absolute atomic E-state index is 14.1. The van der Waals surface area contributed by atoms with E-state index >= 15 is 0 Å². The zero-order valence-electron chi connectivity index (χ0n) is 25.2. The quantitative estimate of drug-likeness (QED) is 0.0201. The van der Waals surface area contributed by atoms with Gasteiger partial charge in [0.15, 0.2) is 17.4 Å². The molecule has 4 aromatic rings. The molecule has 3 aromatic carbocycles. The van der Waals surface area contributed by atoms with Crippen LogP contribution in [-0.2, 0) is 19.5 Å². The molecular weight excluding hydrogens is 722 g/mol. The minimum Gasteiger partial charge on any atom is -0.744 e. The Bertz CT molecular complexity index is 1950. The standard InChI is InChI=1S/C26H18ClF2N5O6S.CH4O3S.2Na/c27-20-24(28)32-26(29)33-25(20)34(8-9-35)13-5-3-4-12(10-13)31-16-11-17(41(38,39)40)21(30)19-18(16)22(36)14-6-1-2-7-15(14)23(19)37;1-5-4-3-2;;/h1-7,10-11,31,35H,8-9,30H2,(H,38,39,40);2H,1H3;;/q;;2*+1/p-2. The molecule has 0 fully saturated rings. The topological polar surface area (TPSA) is 220 Å². The van der Waals surface area contributed by atoms with Gasteiger partial charge in [0.05, 0.1) is 34.0 Å². The maximum atomic E-state index is 14.1. The Morgan fingerprint density at radius 2 is 1.67 bits per heavy atom. The van der Waals surface area contributed by atoms with Crippen molar-refractivity contribution in [3.8, 4) is 0 Å². The van der Waals surface area contributed by atoms with Gasteiger partial charge < -0.3 is 30.9 Å². The number of aliphatic hydroxyl groups is 1. The molecule has 0 saturated heterocycles. The molecule has 5 rings (SSSR count). The van der Waals surface area contributed by atoms with Gasteiger partial charge in [0.1, 0.15) is 15.1 Å². The van der Waals surface area contributed by atoms with E-state index < -0.39 is 61.5 Å². The molecule has 0 aliphatic heterocycles. The van der Waals surface area contributed by atoms with Crippen molar-refractivity contribution >= 4 is 73.9 Å². The number of anilines is 5. The first-order valence-electron chi connectivity index (χ1n) is 12.6. The second-order valence-electron chi connectivity index (χ2n) is 9.02. The van der Waals surface area contributed by atoms with Crippen molar-refractivity contribution in [2.45, 2.75) is 4.90 Å². The first kappa shape index (κ1) is 41.9. The van der Waals surface area contributed by atoms with E-state index in [-0.39, 0.29) is 105 Å². The number of rotatable bonds is 9. The van der Waals surface area contributed by atoms with Crippen LogP contribution in [0.2, 0.25) is 5.02 Å². The minimum absolute atomic E-state index is 0. The van der Waals surface area contributed by atoms with Crippen LogP contribution < -0.4 is 80.3 Å². The number of benzene rings is 3. The number of halogens is 3. The van der Waals surface area contributed by atoms with Gasteiger partial charge in [0, 0.05) is 47.3 Å². The Kier molecular flexibility index (Phi) is 15.8. The van der Waals surface area contributed by atoms with Crippen LogP contribution >= 0.6 is 23.6 Å². The van der Waals surface area contributed by atoms with Gasteiger partial charge >= 0.3 is 65.2 Å². The number of ketones is 2. The van der Waals surface area contributed by atoms with Crippen LogP contribution in [0.3, 0.4) is 0 Å². The Labute approximate surface area is 325 Å². The number of nitrogens with zero attached hydrogens (tertiary/aromatic N) is 3. The Morgan fingerprint density at radius 3 is 2.21 bits per heavy atom. The summed E-state index contributed by atoms with van der Waals surface area (Å²) >= 11 is 6.83. The van der Waals surface area contributed by atoms with Gasteiger partial charge in [-0.25, -0.2) is 8.42 Å². The molecule has 0 atom stereocenters. The third-order valence-electron chi connectivity index (χ3n) is 6.35. The number of hydrogen-bond acceptors (Lipinski definition) is 15. The van der Waals surface area contributed by atoms with Crippen LogP contribution in [0, 0.1) is 12.0 Å². The zero-order valence-corrected chi connectivity index (χ0v) is 31.6. The zero-order chi connectivity index (χ0) is 33.8. The average Bonchev–Trinajstić information content (AvgIpc) is 3.01. The second kappa shape index (κ2) is 18.1. The van der Waals surface area contributed by atoms with Gasteiger partial charge in [-0.05, 0) is 24.3 Å². The van der Waals surface area contributed by atoms with Gasteiger partial charge in [-0.15, -0.1) is 0 Å². The van der Waals surface area contributed by atoms with Gasteiger partial charge in [0.2, 0.25) is 5.95 Å². The number of nitrogen functional groups attached to an aromatic ring is 1. The summed E-state index contributed by atoms with van der Waals surface area (Å²) in [5.41, 5.74) is 4.84.